The van der Waals surface area contributed by atoms with Gasteiger partial charge in [0.05, 0.1) is 10.5 Å². The maximum atomic E-state index is 10.8. The number of nitriles is 1. The summed E-state index contributed by atoms with van der Waals surface area (Å²) in [6.07, 6.45) is 8.82. The van der Waals surface area contributed by atoms with Crippen molar-refractivity contribution in [3.63, 3.8) is 0 Å². The molecule has 2 heterocycles. The molecular weight excluding hydrogens is 256 g/mol. The summed E-state index contributed by atoms with van der Waals surface area (Å²) in [5.74, 6) is 0. The zero-order valence-corrected chi connectivity index (χ0v) is 11.0. The van der Waals surface area contributed by atoms with Crippen molar-refractivity contribution >= 4 is 16.7 Å². The van der Waals surface area contributed by atoms with Crippen molar-refractivity contribution in [3.05, 3.63) is 34.1 Å². The van der Waals surface area contributed by atoms with Crippen LogP contribution < -0.4 is 0 Å². The Kier molecular flexibility index (Phi) is 3.11. The van der Waals surface area contributed by atoms with Gasteiger partial charge in [0.15, 0.2) is 0 Å². The third-order valence-corrected chi connectivity index (χ3v) is 3.95. The summed E-state index contributed by atoms with van der Waals surface area (Å²) >= 11 is 0. The Bertz CT molecular complexity index is 708. The molecule has 0 radical (unpaired) electrons. The average Bonchev–Trinajstić information content (AvgIpc) is 2.86. The normalized spacial score (nSPS) is 16.1. The van der Waals surface area contributed by atoms with Crippen LogP contribution in [0.15, 0.2) is 18.5 Å². The van der Waals surface area contributed by atoms with Crippen LogP contribution in [-0.4, -0.2) is 14.5 Å². The molecule has 1 fully saturated rings. The first-order valence-corrected chi connectivity index (χ1v) is 6.76. The van der Waals surface area contributed by atoms with Gasteiger partial charge in [-0.05, 0) is 12.8 Å². The van der Waals surface area contributed by atoms with Crippen LogP contribution in [0.5, 0.6) is 0 Å². The maximum absolute atomic E-state index is 10.8. The van der Waals surface area contributed by atoms with Crippen LogP contribution in [0.25, 0.3) is 11.0 Å². The molecule has 1 aliphatic rings. The first-order valence-electron chi connectivity index (χ1n) is 6.76. The van der Waals surface area contributed by atoms with E-state index in [0.717, 1.165) is 12.8 Å². The van der Waals surface area contributed by atoms with Crippen LogP contribution in [-0.2, 0) is 0 Å². The van der Waals surface area contributed by atoms with Gasteiger partial charge in [-0.3, -0.25) is 10.1 Å². The van der Waals surface area contributed by atoms with Gasteiger partial charge in [0, 0.05) is 23.7 Å². The lowest BCUT2D eigenvalue weighted by molar-refractivity contribution is -0.385. The second kappa shape index (κ2) is 4.93. The zero-order valence-electron chi connectivity index (χ0n) is 11.0. The summed E-state index contributed by atoms with van der Waals surface area (Å²) < 4.78 is 2.02. The molecule has 0 N–H and O–H groups in total. The van der Waals surface area contributed by atoms with E-state index in [0.29, 0.717) is 22.6 Å². The molecule has 0 saturated heterocycles. The molecule has 1 aliphatic carbocycles. The van der Waals surface area contributed by atoms with Gasteiger partial charge >= 0.3 is 0 Å². The predicted molar refractivity (Wildman–Crippen MR) is 73.2 cm³/mol. The Morgan fingerprint density at radius 1 is 1.40 bits per heavy atom. The van der Waals surface area contributed by atoms with E-state index < -0.39 is 4.92 Å². The molecule has 0 aromatic carbocycles. The van der Waals surface area contributed by atoms with E-state index in [1.165, 1.54) is 31.5 Å². The van der Waals surface area contributed by atoms with Crippen LogP contribution in [0, 0.1) is 21.4 Å². The van der Waals surface area contributed by atoms with Gasteiger partial charge in [0.1, 0.15) is 17.9 Å². The molecule has 6 nitrogen and oxygen atoms in total. The Labute approximate surface area is 115 Å². The monoisotopic (exact) mass is 270 g/mol. The molecular formula is C14H14N4O2. The molecule has 0 atom stereocenters. The van der Waals surface area contributed by atoms with Crippen molar-refractivity contribution in [3.8, 4) is 6.07 Å². The van der Waals surface area contributed by atoms with E-state index in [1.54, 1.807) is 6.20 Å². The molecule has 0 spiro atoms. The molecule has 0 unspecified atom stereocenters. The molecule has 20 heavy (non-hydrogen) atoms. The highest BCUT2D eigenvalue weighted by molar-refractivity contribution is 5.85. The van der Waals surface area contributed by atoms with E-state index in [4.69, 9.17) is 0 Å². The minimum absolute atomic E-state index is 0.0737. The van der Waals surface area contributed by atoms with Gasteiger partial charge in [0.25, 0.3) is 5.69 Å². The minimum atomic E-state index is -0.481. The summed E-state index contributed by atoms with van der Waals surface area (Å²) in [5.41, 5.74) is 1.07. The van der Waals surface area contributed by atoms with E-state index in [2.05, 4.69) is 11.1 Å². The van der Waals surface area contributed by atoms with Gasteiger partial charge in [-0.2, -0.15) is 5.26 Å². The summed E-state index contributed by atoms with van der Waals surface area (Å²) in [5, 5.41) is 20.6. The second-order valence-corrected chi connectivity index (χ2v) is 5.18. The largest absolute Gasteiger partial charge is 0.328 e. The van der Waals surface area contributed by atoms with Crippen molar-refractivity contribution in [2.24, 2.45) is 0 Å². The molecule has 6 heteroatoms. The lowest BCUT2D eigenvalue weighted by Gasteiger charge is -2.23. The standard InChI is InChI=1S/C14H14N4O2/c15-7-10-9-17(11-4-2-1-3-5-11)14-13(10)6-12(8-16-14)18(19)20/h6,8-9,11H,1-5H2. The molecule has 0 aliphatic heterocycles. The van der Waals surface area contributed by atoms with E-state index in [9.17, 15) is 15.4 Å². The summed E-state index contributed by atoms with van der Waals surface area (Å²) in [6.45, 7) is 0. The molecule has 2 aromatic heterocycles. The number of nitro groups is 1. The van der Waals surface area contributed by atoms with Crippen molar-refractivity contribution in [1.29, 1.82) is 5.26 Å². The lowest BCUT2D eigenvalue weighted by Crippen LogP contribution is -2.12. The van der Waals surface area contributed by atoms with Gasteiger partial charge in [0.2, 0.25) is 0 Å². The number of fused-ring (bicyclic) bond motifs is 1. The summed E-state index contributed by atoms with van der Waals surface area (Å²) in [4.78, 5) is 14.6. The van der Waals surface area contributed by atoms with E-state index >= 15 is 0 Å². The number of hydrogen-bond donors (Lipinski definition) is 0. The Balaban J connectivity index is 2.14. The molecule has 2 aromatic rings. The van der Waals surface area contributed by atoms with Gasteiger partial charge in [-0.25, -0.2) is 4.98 Å². The third-order valence-electron chi connectivity index (χ3n) is 3.95. The molecule has 1 saturated carbocycles. The number of rotatable bonds is 2. The number of aromatic nitrogens is 2. The molecule has 3 rings (SSSR count). The number of pyridine rings is 1. The fourth-order valence-corrected chi connectivity index (χ4v) is 2.95. The number of hydrogen-bond acceptors (Lipinski definition) is 4. The SMILES string of the molecule is N#Cc1cn(C2CCCCC2)c2ncc([N+](=O)[O-])cc12. The minimum Gasteiger partial charge on any atom is -0.328 e. The van der Waals surface area contributed by atoms with E-state index in [1.807, 2.05) is 4.57 Å². The van der Waals surface area contributed by atoms with Gasteiger partial charge < -0.3 is 4.57 Å². The summed E-state index contributed by atoms with van der Waals surface area (Å²) in [6, 6.07) is 3.91. The van der Waals surface area contributed by atoms with Crippen LogP contribution in [0.3, 0.4) is 0 Å². The summed E-state index contributed by atoms with van der Waals surface area (Å²) in [7, 11) is 0. The van der Waals surface area contributed by atoms with Gasteiger partial charge in [-0.15, -0.1) is 0 Å². The Hall–Kier alpha value is -2.42. The van der Waals surface area contributed by atoms with Crippen molar-refractivity contribution in [2.45, 2.75) is 38.1 Å². The van der Waals surface area contributed by atoms with Crippen LogP contribution in [0.2, 0.25) is 0 Å². The van der Waals surface area contributed by atoms with Crippen LogP contribution >= 0.6 is 0 Å². The Morgan fingerprint density at radius 2 is 2.15 bits per heavy atom. The average molecular weight is 270 g/mol. The molecule has 0 amide bonds. The fraction of sp³-hybridized carbons (Fsp3) is 0.429. The van der Waals surface area contributed by atoms with Crippen LogP contribution in [0.1, 0.15) is 43.7 Å². The van der Waals surface area contributed by atoms with Crippen molar-refractivity contribution in [2.75, 3.05) is 0 Å². The second-order valence-electron chi connectivity index (χ2n) is 5.18. The molecule has 102 valence electrons. The highest BCUT2D eigenvalue weighted by Gasteiger charge is 2.21. The molecule has 0 bridgehead atoms. The highest BCUT2D eigenvalue weighted by atomic mass is 16.6. The third kappa shape index (κ3) is 2.01. The lowest BCUT2D eigenvalue weighted by atomic mass is 9.95. The van der Waals surface area contributed by atoms with Gasteiger partial charge in [-0.1, -0.05) is 19.3 Å². The topological polar surface area (TPSA) is 84.8 Å². The number of nitrogens with zero attached hydrogens (tertiary/aromatic N) is 4. The first kappa shape index (κ1) is 12.6. The Morgan fingerprint density at radius 3 is 2.80 bits per heavy atom. The van der Waals surface area contributed by atoms with Crippen molar-refractivity contribution in [1.82, 2.24) is 9.55 Å². The van der Waals surface area contributed by atoms with Crippen LogP contribution in [0.4, 0.5) is 5.69 Å². The quantitative estimate of drug-likeness (QED) is 0.618. The zero-order chi connectivity index (χ0) is 14.1. The van der Waals surface area contributed by atoms with E-state index in [-0.39, 0.29) is 5.69 Å². The smallest absolute Gasteiger partial charge is 0.288 e. The predicted octanol–water partition coefficient (Wildman–Crippen LogP) is 3.32. The highest BCUT2D eigenvalue weighted by Crippen LogP contribution is 2.33. The van der Waals surface area contributed by atoms with Crippen molar-refractivity contribution < 1.29 is 4.92 Å². The fourth-order valence-electron chi connectivity index (χ4n) is 2.95. The first-order chi connectivity index (χ1) is 9.70. The maximum Gasteiger partial charge on any atom is 0.288 e.